The van der Waals surface area contributed by atoms with E-state index in [4.69, 9.17) is 4.74 Å². The summed E-state index contributed by atoms with van der Waals surface area (Å²) in [6.45, 7) is 4.22. The molecule has 2 aromatic heterocycles. The largest absolute Gasteiger partial charge is 0.497 e. The third kappa shape index (κ3) is 2.78. The molecule has 0 unspecified atom stereocenters. The number of hydrogen-bond acceptors (Lipinski definition) is 7. The lowest BCUT2D eigenvalue weighted by molar-refractivity contribution is 0.0916. The molecule has 1 N–H and O–H groups in total. The van der Waals surface area contributed by atoms with Gasteiger partial charge in [0.2, 0.25) is 0 Å². The van der Waals surface area contributed by atoms with Crippen molar-refractivity contribution in [2.75, 3.05) is 12.4 Å². The molecule has 1 aliphatic carbocycles. The second-order valence-corrected chi connectivity index (χ2v) is 8.74. The van der Waals surface area contributed by atoms with E-state index >= 15 is 0 Å². The molecule has 124 valence electrons. The Balaban J connectivity index is 1.63. The van der Waals surface area contributed by atoms with Gasteiger partial charge in [-0.05, 0) is 24.0 Å². The number of Topliss-reactive ketones (excluding diaryl/α,β-unsaturated/α-hetero) is 1. The van der Waals surface area contributed by atoms with Gasteiger partial charge in [-0.2, -0.15) is 0 Å². The van der Waals surface area contributed by atoms with Crippen LogP contribution in [0.2, 0.25) is 0 Å². The molecule has 7 heteroatoms. The van der Waals surface area contributed by atoms with Gasteiger partial charge in [-0.25, -0.2) is 9.97 Å². The number of carbonyl (C=O) groups excluding carboxylic acids is 1. The maximum Gasteiger partial charge on any atom is 0.190 e. The van der Waals surface area contributed by atoms with E-state index in [1.807, 2.05) is 18.2 Å². The third-order valence-corrected chi connectivity index (χ3v) is 6.05. The lowest BCUT2D eigenvalue weighted by Gasteiger charge is -2.26. The lowest BCUT2D eigenvalue weighted by Crippen LogP contribution is -2.25. The molecule has 2 heterocycles. The molecule has 5 nitrogen and oxygen atoms in total. The molecular formula is C17H17N3O2S2. The van der Waals surface area contributed by atoms with Crippen LogP contribution in [0.15, 0.2) is 18.2 Å². The van der Waals surface area contributed by atoms with Crippen LogP contribution in [-0.2, 0) is 6.42 Å². The number of ketones is 1. The Morgan fingerprint density at radius 3 is 2.75 bits per heavy atom. The van der Waals surface area contributed by atoms with E-state index in [-0.39, 0.29) is 11.2 Å². The van der Waals surface area contributed by atoms with Crippen LogP contribution in [0.5, 0.6) is 5.75 Å². The second kappa shape index (κ2) is 5.53. The highest BCUT2D eigenvalue weighted by Gasteiger charge is 2.33. The molecule has 0 spiro atoms. The van der Waals surface area contributed by atoms with Crippen molar-refractivity contribution in [1.82, 2.24) is 9.97 Å². The summed E-state index contributed by atoms with van der Waals surface area (Å²) >= 11 is 2.99. The summed E-state index contributed by atoms with van der Waals surface area (Å²) in [6, 6.07) is 5.83. The SMILES string of the molecule is COc1ccc2sc(Nc3nc4c(s3)C(=O)CC(C)(C)C4)nc2c1. The lowest BCUT2D eigenvalue weighted by atomic mass is 9.78. The fraction of sp³-hybridized carbons (Fsp3) is 0.353. The number of aromatic nitrogens is 2. The maximum atomic E-state index is 12.3. The highest BCUT2D eigenvalue weighted by molar-refractivity contribution is 7.23. The van der Waals surface area contributed by atoms with Gasteiger partial charge in [0.05, 0.1) is 27.9 Å². The number of ether oxygens (including phenoxy) is 1. The minimum absolute atomic E-state index is 0.0121. The van der Waals surface area contributed by atoms with Crippen molar-refractivity contribution in [3.05, 3.63) is 28.8 Å². The molecule has 0 radical (unpaired) electrons. The summed E-state index contributed by atoms with van der Waals surface area (Å²) in [7, 11) is 1.64. The van der Waals surface area contributed by atoms with Crippen LogP contribution in [0.25, 0.3) is 10.2 Å². The van der Waals surface area contributed by atoms with Crippen LogP contribution in [0, 0.1) is 5.41 Å². The van der Waals surface area contributed by atoms with E-state index in [1.165, 1.54) is 11.3 Å². The topological polar surface area (TPSA) is 64.1 Å². The molecule has 0 saturated carbocycles. The fourth-order valence-electron chi connectivity index (χ4n) is 2.95. The van der Waals surface area contributed by atoms with Crippen LogP contribution in [0.3, 0.4) is 0 Å². The first-order chi connectivity index (χ1) is 11.4. The maximum absolute atomic E-state index is 12.3. The minimum atomic E-state index is -0.0121. The Hall–Kier alpha value is -1.99. The highest BCUT2D eigenvalue weighted by Crippen LogP contribution is 2.39. The molecule has 0 fully saturated rings. The quantitative estimate of drug-likeness (QED) is 0.737. The van der Waals surface area contributed by atoms with Gasteiger partial charge in [0, 0.05) is 12.5 Å². The Bertz CT molecular complexity index is 943. The van der Waals surface area contributed by atoms with Crippen LogP contribution in [0.1, 0.15) is 35.6 Å². The van der Waals surface area contributed by atoms with Crippen molar-refractivity contribution in [3.8, 4) is 5.75 Å². The summed E-state index contributed by atoms with van der Waals surface area (Å²) in [5, 5.41) is 4.77. The van der Waals surface area contributed by atoms with E-state index in [0.29, 0.717) is 6.42 Å². The van der Waals surface area contributed by atoms with Gasteiger partial charge >= 0.3 is 0 Å². The van der Waals surface area contributed by atoms with E-state index < -0.39 is 0 Å². The number of anilines is 2. The Morgan fingerprint density at radius 2 is 1.96 bits per heavy atom. The number of hydrogen-bond donors (Lipinski definition) is 1. The molecular weight excluding hydrogens is 342 g/mol. The predicted octanol–water partition coefficient (Wildman–Crippen LogP) is 4.66. The van der Waals surface area contributed by atoms with Gasteiger partial charge < -0.3 is 10.1 Å². The number of carbonyl (C=O) groups is 1. The molecule has 24 heavy (non-hydrogen) atoms. The van der Waals surface area contributed by atoms with Crippen molar-refractivity contribution in [1.29, 1.82) is 0 Å². The average molecular weight is 359 g/mol. The number of benzene rings is 1. The molecule has 1 aliphatic rings. The van der Waals surface area contributed by atoms with E-state index in [1.54, 1.807) is 18.4 Å². The molecule has 0 aliphatic heterocycles. The summed E-state index contributed by atoms with van der Waals surface area (Å²) in [5.74, 6) is 0.984. The molecule has 0 amide bonds. The number of rotatable bonds is 3. The molecule has 0 saturated heterocycles. The number of fused-ring (bicyclic) bond motifs is 2. The normalized spacial score (nSPS) is 16.2. The first-order valence-corrected chi connectivity index (χ1v) is 9.31. The van der Waals surface area contributed by atoms with Gasteiger partial charge in [0.15, 0.2) is 16.0 Å². The number of thiazole rings is 2. The van der Waals surface area contributed by atoms with Crippen molar-refractivity contribution in [2.24, 2.45) is 5.41 Å². The van der Waals surface area contributed by atoms with E-state index in [9.17, 15) is 4.79 Å². The number of nitrogens with one attached hydrogen (secondary N) is 1. The van der Waals surface area contributed by atoms with E-state index in [0.717, 1.165) is 43.2 Å². The Kier molecular flexibility index (Phi) is 3.58. The van der Waals surface area contributed by atoms with Gasteiger partial charge in [-0.15, -0.1) is 0 Å². The van der Waals surface area contributed by atoms with Crippen LogP contribution in [-0.4, -0.2) is 22.9 Å². The highest BCUT2D eigenvalue weighted by atomic mass is 32.1. The van der Waals surface area contributed by atoms with Gasteiger partial charge in [0.25, 0.3) is 0 Å². The van der Waals surface area contributed by atoms with Crippen molar-refractivity contribution < 1.29 is 9.53 Å². The molecule has 0 bridgehead atoms. The number of methoxy groups -OCH3 is 1. The van der Waals surface area contributed by atoms with Crippen LogP contribution >= 0.6 is 22.7 Å². The molecule has 0 atom stereocenters. The Labute approximate surface area is 147 Å². The first-order valence-electron chi connectivity index (χ1n) is 7.68. The molecule has 3 aromatic rings. The number of nitrogens with zero attached hydrogens (tertiary/aromatic N) is 2. The average Bonchev–Trinajstić information content (AvgIpc) is 3.08. The third-order valence-electron chi connectivity index (χ3n) is 4.04. The zero-order valence-electron chi connectivity index (χ0n) is 13.7. The second-order valence-electron chi connectivity index (χ2n) is 6.71. The zero-order chi connectivity index (χ0) is 16.9. The van der Waals surface area contributed by atoms with Crippen LogP contribution < -0.4 is 10.1 Å². The smallest absolute Gasteiger partial charge is 0.190 e. The van der Waals surface area contributed by atoms with Gasteiger partial charge in [0.1, 0.15) is 5.75 Å². The fourth-order valence-corrected chi connectivity index (χ4v) is 4.78. The van der Waals surface area contributed by atoms with Gasteiger partial charge in [-0.3, -0.25) is 4.79 Å². The predicted molar refractivity (Wildman–Crippen MR) is 98.0 cm³/mol. The summed E-state index contributed by atoms with van der Waals surface area (Å²) in [4.78, 5) is 22.3. The summed E-state index contributed by atoms with van der Waals surface area (Å²) < 4.78 is 6.31. The zero-order valence-corrected chi connectivity index (χ0v) is 15.3. The standard InChI is InChI=1S/C17H17N3O2S2/c1-17(2)7-11-14(12(21)8-17)24-16(19-11)20-15-18-10-6-9(22-3)4-5-13(10)23-15/h4-6H,7-8H2,1-3H3,(H,18,19,20). The van der Waals surface area contributed by atoms with E-state index in [2.05, 4.69) is 29.1 Å². The van der Waals surface area contributed by atoms with Crippen molar-refractivity contribution >= 4 is 48.9 Å². The van der Waals surface area contributed by atoms with Crippen molar-refractivity contribution in [2.45, 2.75) is 26.7 Å². The summed E-state index contributed by atoms with van der Waals surface area (Å²) in [5.41, 5.74) is 1.79. The first kappa shape index (κ1) is 15.5. The molecule has 4 rings (SSSR count). The molecule has 1 aromatic carbocycles. The van der Waals surface area contributed by atoms with Gasteiger partial charge in [-0.1, -0.05) is 36.5 Å². The minimum Gasteiger partial charge on any atom is -0.497 e. The monoisotopic (exact) mass is 359 g/mol. The Morgan fingerprint density at radius 1 is 1.17 bits per heavy atom. The summed E-state index contributed by atoms with van der Waals surface area (Å²) in [6.07, 6.45) is 1.42. The van der Waals surface area contributed by atoms with Crippen molar-refractivity contribution in [3.63, 3.8) is 0 Å². The van der Waals surface area contributed by atoms with Crippen LogP contribution in [0.4, 0.5) is 10.3 Å².